The van der Waals surface area contributed by atoms with Crippen molar-refractivity contribution in [3.8, 4) is 0 Å². The van der Waals surface area contributed by atoms with E-state index in [-0.39, 0.29) is 5.91 Å². The highest BCUT2D eigenvalue weighted by Gasteiger charge is 2.26. The van der Waals surface area contributed by atoms with Crippen LogP contribution in [-0.2, 0) is 9.53 Å². The lowest BCUT2D eigenvalue weighted by Gasteiger charge is -2.35. The van der Waals surface area contributed by atoms with Crippen LogP contribution in [0.3, 0.4) is 0 Å². The fourth-order valence-corrected chi connectivity index (χ4v) is 1.95. The minimum atomic E-state index is 0.123. The van der Waals surface area contributed by atoms with Gasteiger partial charge in [0, 0.05) is 20.7 Å². The molecule has 86 valence electrons. The molecule has 1 amide bonds. The topological polar surface area (TPSA) is 32.8 Å². The Bertz CT molecular complexity index is 392. The van der Waals surface area contributed by atoms with E-state index in [0.29, 0.717) is 19.7 Å². The Morgan fingerprint density at radius 3 is 2.69 bits per heavy atom. The molecule has 1 aliphatic rings. The molecule has 0 aromatic heterocycles. The molecule has 0 N–H and O–H groups in total. The summed E-state index contributed by atoms with van der Waals surface area (Å²) in [6.45, 7) is 1.60. The van der Waals surface area contributed by atoms with E-state index in [0.717, 1.165) is 11.4 Å². The Kier molecular flexibility index (Phi) is 3.10. The number of hydrogen-bond acceptors (Lipinski definition) is 3. The Morgan fingerprint density at radius 2 is 2.00 bits per heavy atom. The number of ether oxygens (including phenoxy) is 1. The van der Waals surface area contributed by atoms with Crippen molar-refractivity contribution in [3.63, 3.8) is 0 Å². The third kappa shape index (κ3) is 1.88. The van der Waals surface area contributed by atoms with Crippen molar-refractivity contribution in [2.75, 3.05) is 43.7 Å². The summed E-state index contributed by atoms with van der Waals surface area (Å²) in [5.74, 6) is 0.123. The van der Waals surface area contributed by atoms with Crippen LogP contribution in [0.1, 0.15) is 0 Å². The van der Waals surface area contributed by atoms with Crippen molar-refractivity contribution in [1.29, 1.82) is 0 Å². The van der Waals surface area contributed by atoms with Crippen LogP contribution >= 0.6 is 0 Å². The van der Waals surface area contributed by atoms with Gasteiger partial charge in [0.1, 0.15) is 0 Å². The molecule has 0 aliphatic carbocycles. The van der Waals surface area contributed by atoms with Gasteiger partial charge in [-0.3, -0.25) is 4.79 Å². The average Bonchev–Trinajstić information content (AvgIpc) is 2.29. The van der Waals surface area contributed by atoms with Gasteiger partial charge in [-0.05, 0) is 12.1 Å². The van der Waals surface area contributed by atoms with Gasteiger partial charge in [0.25, 0.3) is 0 Å². The zero-order valence-electron chi connectivity index (χ0n) is 9.64. The first-order valence-electron chi connectivity index (χ1n) is 5.33. The molecule has 1 aliphatic heterocycles. The number of likely N-dealkylation sites (N-methyl/N-ethyl adjacent to an activating group) is 1. The monoisotopic (exact) mass is 220 g/mol. The molecule has 0 unspecified atom stereocenters. The van der Waals surface area contributed by atoms with Crippen LogP contribution in [0.4, 0.5) is 11.4 Å². The van der Waals surface area contributed by atoms with E-state index in [9.17, 15) is 4.79 Å². The van der Waals surface area contributed by atoms with Crippen LogP contribution in [0.5, 0.6) is 0 Å². The van der Waals surface area contributed by atoms with E-state index in [1.807, 2.05) is 36.2 Å². The highest BCUT2D eigenvalue weighted by Crippen LogP contribution is 2.31. The number of amides is 1. The van der Waals surface area contributed by atoms with Crippen LogP contribution in [0.2, 0.25) is 0 Å². The number of carbonyl (C=O) groups excluding carboxylic acids is 1. The normalized spacial score (nSPS) is 15.2. The van der Waals surface area contributed by atoms with Gasteiger partial charge in [-0.25, -0.2) is 0 Å². The summed E-state index contributed by atoms with van der Waals surface area (Å²) >= 11 is 0. The standard InChI is InChI=1S/C12H16N2O2/c1-13-9-12(15)14(7-8-16-2)11-6-4-3-5-10(11)13/h3-6H,7-9H2,1-2H3. The second-order valence-electron chi connectivity index (χ2n) is 3.88. The maximum absolute atomic E-state index is 11.9. The van der Waals surface area contributed by atoms with Gasteiger partial charge >= 0.3 is 0 Å². The number of hydrogen-bond donors (Lipinski definition) is 0. The SMILES string of the molecule is COCCN1C(=O)CN(C)c2ccccc21. The molecule has 0 atom stereocenters. The second kappa shape index (κ2) is 4.53. The van der Waals surface area contributed by atoms with Crippen LogP contribution in [0.15, 0.2) is 24.3 Å². The van der Waals surface area contributed by atoms with E-state index >= 15 is 0 Å². The van der Waals surface area contributed by atoms with Crippen LogP contribution in [0.25, 0.3) is 0 Å². The Labute approximate surface area is 95.4 Å². The number of benzene rings is 1. The summed E-state index contributed by atoms with van der Waals surface area (Å²) in [7, 11) is 3.58. The Hall–Kier alpha value is -1.55. The van der Waals surface area contributed by atoms with E-state index in [4.69, 9.17) is 4.74 Å². The smallest absolute Gasteiger partial charge is 0.246 e. The van der Waals surface area contributed by atoms with Gasteiger partial charge in [0.05, 0.1) is 24.5 Å². The van der Waals surface area contributed by atoms with Crippen molar-refractivity contribution in [2.45, 2.75) is 0 Å². The number of methoxy groups -OCH3 is 1. The molecule has 1 heterocycles. The van der Waals surface area contributed by atoms with Crippen LogP contribution < -0.4 is 9.80 Å². The molecular weight excluding hydrogens is 204 g/mol. The molecule has 0 bridgehead atoms. The molecule has 0 saturated carbocycles. The van der Waals surface area contributed by atoms with Gasteiger partial charge in [-0.15, -0.1) is 0 Å². The van der Waals surface area contributed by atoms with Crippen LogP contribution in [0, 0.1) is 0 Å². The van der Waals surface area contributed by atoms with Crippen molar-refractivity contribution in [2.24, 2.45) is 0 Å². The minimum absolute atomic E-state index is 0.123. The fourth-order valence-electron chi connectivity index (χ4n) is 1.95. The van der Waals surface area contributed by atoms with E-state index in [1.54, 1.807) is 12.0 Å². The quantitative estimate of drug-likeness (QED) is 0.765. The molecular formula is C12H16N2O2. The third-order valence-corrected chi connectivity index (χ3v) is 2.78. The molecule has 1 aromatic carbocycles. The summed E-state index contributed by atoms with van der Waals surface area (Å²) in [6, 6.07) is 7.94. The maximum atomic E-state index is 11.9. The highest BCUT2D eigenvalue weighted by atomic mass is 16.5. The molecule has 4 nitrogen and oxygen atoms in total. The van der Waals surface area contributed by atoms with Crippen molar-refractivity contribution in [1.82, 2.24) is 0 Å². The fraction of sp³-hybridized carbons (Fsp3) is 0.417. The molecule has 16 heavy (non-hydrogen) atoms. The van der Waals surface area contributed by atoms with E-state index in [2.05, 4.69) is 0 Å². The Balaban J connectivity index is 2.31. The zero-order chi connectivity index (χ0) is 11.5. The molecule has 0 fully saturated rings. The lowest BCUT2D eigenvalue weighted by Crippen LogP contribution is -2.45. The number of anilines is 2. The molecule has 2 rings (SSSR count). The van der Waals surface area contributed by atoms with Crippen molar-refractivity contribution < 1.29 is 9.53 Å². The summed E-state index contributed by atoms with van der Waals surface area (Å²) in [6.07, 6.45) is 0. The Morgan fingerprint density at radius 1 is 1.31 bits per heavy atom. The predicted octanol–water partition coefficient (Wildman–Crippen LogP) is 1.12. The third-order valence-electron chi connectivity index (χ3n) is 2.78. The van der Waals surface area contributed by atoms with Gasteiger partial charge in [0.15, 0.2) is 0 Å². The zero-order valence-corrected chi connectivity index (χ0v) is 9.64. The summed E-state index contributed by atoms with van der Waals surface area (Å²) in [4.78, 5) is 15.7. The number of para-hydroxylation sites is 2. The van der Waals surface area contributed by atoms with E-state index in [1.165, 1.54) is 0 Å². The average molecular weight is 220 g/mol. The van der Waals surface area contributed by atoms with Crippen LogP contribution in [-0.4, -0.2) is 39.8 Å². The molecule has 1 aromatic rings. The number of carbonyl (C=O) groups is 1. The van der Waals surface area contributed by atoms with Gasteiger partial charge in [-0.2, -0.15) is 0 Å². The van der Waals surface area contributed by atoms with Crippen molar-refractivity contribution in [3.05, 3.63) is 24.3 Å². The second-order valence-corrected chi connectivity index (χ2v) is 3.88. The highest BCUT2D eigenvalue weighted by molar-refractivity contribution is 6.03. The first kappa shape index (κ1) is 11.0. The molecule has 0 radical (unpaired) electrons. The van der Waals surface area contributed by atoms with Crippen molar-refractivity contribution >= 4 is 17.3 Å². The molecule has 0 spiro atoms. The molecule has 0 saturated heterocycles. The largest absolute Gasteiger partial charge is 0.383 e. The van der Waals surface area contributed by atoms with E-state index < -0.39 is 0 Å². The number of nitrogens with zero attached hydrogens (tertiary/aromatic N) is 2. The first-order valence-corrected chi connectivity index (χ1v) is 5.33. The minimum Gasteiger partial charge on any atom is -0.383 e. The summed E-state index contributed by atoms with van der Waals surface area (Å²) in [5.41, 5.74) is 2.07. The summed E-state index contributed by atoms with van der Waals surface area (Å²) in [5, 5.41) is 0. The number of rotatable bonds is 3. The first-order chi connectivity index (χ1) is 7.74. The summed E-state index contributed by atoms with van der Waals surface area (Å²) < 4.78 is 5.03. The van der Waals surface area contributed by atoms with Gasteiger partial charge in [-0.1, -0.05) is 12.1 Å². The number of fused-ring (bicyclic) bond motifs is 1. The lowest BCUT2D eigenvalue weighted by molar-refractivity contribution is -0.117. The lowest BCUT2D eigenvalue weighted by atomic mass is 10.1. The predicted molar refractivity (Wildman–Crippen MR) is 63.9 cm³/mol. The maximum Gasteiger partial charge on any atom is 0.246 e. The van der Waals surface area contributed by atoms with Gasteiger partial charge in [0.2, 0.25) is 5.91 Å². The van der Waals surface area contributed by atoms with Gasteiger partial charge < -0.3 is 14.5 Å². The molecule has 4 heteroatoms.